The van der Waals surface area contributed by atoms with Crippen molar-refractivity contribution in [2.24, 2.45) is 0 Å². The molecule has 146 valence electrons. The van der Waals surface area contributed by atoms with Crippen molar-refractivity contribution in [1.29, 1.82) is 0 Å². The third-order valence-corrected chi connectivity index (χ3v) is 6.28. The largest absolute Gasteiger partial charge is 0.492 e. The highest BCUT2D eigenvalue weighted by atomic mass is 32.2. The van der Waals surface area contributed by atoms with Gasteiger partial charge >= 0.3 is 0 Å². The van der Waals surface area contributed by atoms with Gasteiger partial charge in [0.05, 0.1) is 0 Å². The molecule has 9 heteroatoms. The van der Waals surface area contributed by atoms with Gasteiger partial charge in [-0.15, -0.1) is 0 Å². The van der Waals surface area contributed by atoms with E-state index in [2.05, 4.69) is 0 Å². The number of piperazine rings is 1. The Labute approximate surface area is 156 Å². The minimum absolute atomic E-state index is 0.131. The molecule has 3 rings (SSSR count). The first kappa shape index (κ1) is 19.7. The van der Waals surface area contributed by atoms with Gasteiger partial charge in [0.25, 0.3) is 0 Å². The summed E-state index contributed by atoms with van der Waals surface area (Å²) in [5, 5.41) is 0. The summed E-state index contributed by atoms with van der Waals surface area (Å²) < 4.78 is 72.0. The van der Waals surface area contributed by atoms with Gasteiger partial charge in [0.2, 0.25) is 10.0 Å². The van der Waals surface area contributed by atoms with Crippen molar-refractivity contribution in [2.75, 3.05) is 39.3 Å². The van der Waals surface area contributed by atoms with Crippen LogP contribution < -0.4 is 4.74 Å². The second kappa shape index (κ2) is 8.28. The van der Waals surface area contributed by atoms with Crippen molar-refractivity contribution in [2.45, 2.75) is 4.90 Å². The van der Waals surface area contributed by atoms with Crippen molar-refractivity contribution < 1.29 is 26.3 Å². The second-order valence-electron chi connectivity index (χ2n) is 6.08. The Morgan fingerprint density at radius 2 is 1.56 bits per heavy atom. The van der Waals surface area contributed by atoms with Crippen molar-refractivity contribution in [3.05, 3.63) is 59.9 Å². The molecule has 0 aromatic heterocycles. The van der Waals surface area contributed by atoms with Crippen LogP contribution in [0.25, 0.3) is 0 Å². The van der Waals surface area contributed by atoms with E-state index in [1.807, 2.05) is 35.2 Å². The number of para-hydroxylation sites is 1. The third-order valence-electron chi connectivity index (χ3n) is 4.37. The number of halogens is 3. The highest BCUT2D eigenvalue weighted by Gasteiger charge is 2.32. The Kier molecular flexibility index (Phi) is 6.03. The molecule has 2 aromatic rings. The maximum atomic E-state index is 13.9. The number of benzene rings is 2. The molecule has 0 amide bonds. The lowest BCUT2D eigenvalue weighted by Gasteiger charge is -2.33. The van der Waals surface area contributed by atoms with Crippen LogP contribution in [-0.4, -0.2) is 57.0 Å². The molecule has 1 aliphatic rings. The summed E-state index contributed by atoms with van der Waals surface area (Å²) in [7, 11) is -4.23. The van der Waals surface area contributed by atoms with Crippen LogP contribution in [0.1, 0.15) is 0 Å². The third kappa shape index (κ3) is 4.42. The number of sulfonamides is 1. The molecule has 1 fully saturated rings. The first-order valence-electron chi connectivity index (χ1n) is 8.43. The molecule has 27 heavy (non-hydrogen) atoms. The van der Waals surface area contributed by atoms with Gasteiger partial charge in [-0.3, -0.25) is 4.90 Å². The fraction of sp³-hybridized carbons (Fsp3) is 0.333. The first-order chi connectivity index (χ1) is 12.9. The van der Waals surface area contributed by atoms with E-state index in [0.29, 0.717) is 32.3 Å². The first-order valence-corrected chi connectivity index (χ1v) is 9.87. The highest BCUT2D eigenvalue weighted by molar-refractivity contribution is 7.89. The van der Waals surface area contributed by atoms with E-state index in [0.717, 1.165) is 16.1 Å². The predicted octanol–water partition coefficient (Wildman–Crippen LogP) is 2.49. The normalized spacial score (nSPS) is 16.4. The number of rotatable bonds is 6. The minimum atomic E-state index is -4.23. The number of ether oxygens (including phenoxy) is 1. The zero-order valence-electron chi connectivity index (χ0n) is 14.4. The van der Waals surface area contributed by atoms with E-state index in [-0.39, 0.29) is 13.1 Å². The lowest BCUT2D eigenvalue weighted by Crippen LogP contribution is -2.49. The molecule has 1 saturated heterocycles. The lowest BCUT2D eigenvalue weighted by atomic mass is 10.3. The van der Waals surface area contributed by atoms with E-state index in [9.17, 15) is 21.6 Å². The number of nitrogens with zero attached hydrogens (tertiary/aromatic N) is 2. The molecule has 0 radical (unpaired) electrons. The SMILES string of the molecule is O=S(=O)(c1ccc(F)c(F)c1F)N1CCN(CCOc2ccccc2)CC1. The van der Waals surface area contributed by atoms with Gasteiger partial charge in [-0.05, 0) is 24.3 Å². The van der Waals surface area contributed by atoms with Crippen LogP contribution in [0.2, 0.25) is 0 Å². The number of hydrogen-bond donors (Lipinski definition) is 0. The Morgan fingerprint density at radius 1 is 0.889 bits per heavy atom. The van der Waals surface area contributed by atoms with Crippen molar-refractivity contribution in [1.82, 2.24) is 9.21 Å². The van der Waals surface area contributed by atoms with Crippen LogP contribution in [0.4, 0.5) is 13.2 Å². The Hall–Kier alpha value is -2.10. The van der Waals surface area contributed by atoms with Crippen LogP contribution in [0.5, 0.6) is 5.75 Å². The summed E-state index contributed by atoms with van der Waals surface area (Å²) >= 11 is 0. The molecule has 0 atom stereocenters. The van der Waals surface area contributed by atoms with Gasteiger partial charge in [0, 0.05) is 32.7 Å². The standard InChI is InChI=1S/C18H19F3N2O3S/c19-15-6-7-16(18(21)17(15)20)27(24,25)23-10-8-22(9-11-23)12-13-26-14-4-2-1-3-5-14/h1-7H,8-13H2. The van der Waals surface area contributed by atoms with Crippen molar-refractivity contribution in [3.8, 4) is 5.75 Å². The van der Waals surface area contributed by atoms with E-state index in [4.69, 9.17) is 4.74 Å². The molecule has 0 saturated carbocycles. The summed E-state index contributed by atoms with van der Waals surface area (Å²) in [5.74, 6) is -4.14. The summed E-state index contributed by atoms with van der Waals surface area (Å²) in [4.78, 5) is 1.18. The summed E-state index contributed by atoms with van der Waals surface area (Å²) in [6.45, 7) is 2.19. The van der Waals surface area contributed by atoms with Gasteiger partial charge < -0.3 is 4.74 Å². The maximum absolute atomic E-state index is 13.9. The van der Waals surface area contributed by atoms with Crippen LogP contribution in [-0.2, 0) is 10.0 Å². The predicted molar refractivity (Wildman–Crippen MR) is 93.5 cm³/mol. The molecule has 0 spiro atoms. The van der Waals surface area contributed by atoms with E-state index in [1.54, 1.807) is 0 Å². The van der Waals surface area contributed by atoms with E-state index >= 15 is 0 Å². The molecule has 0 aliphatic carbocycles. The fourth-order valence-electron chi connectivity index (χ4n) is 2.85. The van der Waals surface area contributed by atoms with E-state index < -0.39 is 32.4 Å². The highest BCUT2D eigenvalue weighted by Crippen LogP contribution is 2.24. The van der Waals surface area contributed by atoms with Crippen LogP contribution >= 0.6 is 0 Å². The lowest BCUT2D eigenvalue weighted by molar-refractivity contribution is 0.158. The average Bonchev–Trinajstić information content (AvgIpc) is 2.67. The summed E-state index contributed by atoms with van der Waals surface area (Å²) in [6, 6.07) is 10.7. The van der Waals surface area contributed by atoms with Crippen molar-refractivity contribution >= 4 is 10.0 Å². The molecule has 1 heterocycles. The monoisotopic (exact) mass is 400 g/mol. The van der Waals surface area contributed by atoms with Gasteiger partial charge in [-0.2, -0.15) is 4.31 Å². The second-order valence-corrected chi connectivity index (χ2v) is 7.99. The molecule has 0 N–H and O–H groups in total. The molecular formula is C18H19F3N2O3S. The summed E-state index contributed by atoms with van der Waals surface area (Å²) in [5.41, 5.74) is 0. The van der Waals surface area contributed by atoms with Gasteiger partial charge in [-0.1, -0.05) is 18.2 Å². The quantitative estimate of drug-likeness (QED) is 0.700. The van der Waals surface area contributed by atoms with Crippen LogP contribution in [0.3, 0.4) is 0 Å². The molecule has 2 aromatic carbocycles. The Balaban J connectivity index is 1.56. The Morgan fingerprint density at radius 3 is 2.22 bits per heavy atom. The Bertz CT molecular complexity index is 886. The smallest absolute Gasteiger partial charge is 0.246 e. The summed E-state index contributed by atoms with van der Waals surface area (Å²) in [6.07, 6.45) is 0. The van der Waals surface area contributed by atoms with Gasteiger partial charge in [0.1, 0.15) is 17.3 Å². The number of hydrogen-bond acceptors (Lipinski definition) is 4. The molecule has 1 aliphatic heterocycles. The average molecular weight is 400 g/mol. The van der Waals surface area contributed by atoms with Crippen molar-refractivity contribution in [3.63, 3.8) is 0 Å². The van der Waals surface area contributed by atoms with Crippen LogP contribution in [0, 0.1) is 17.5 Å². The minimum Gasteiger partial charge on any atom is -0.492 e. The zero-order chi connectivity index (χ0) is 19.4. The van der Waals surface area contributed by atoms with Gasteiger partial charge in [-0.25, -0.2) is 21.6 Å². The topological polar surface area (TPSA) is 49.9 Å². The molecule has 0 bridgehead atoms. The molecular weight excluding hydrogens is 381 g/mol. The zero-order valence-corrected chi connectivity index (χ0v) is 15.3. The molecule has 0 unspecified atom stereocenters. The maximum Gasteiger partial charge on any atom is 0.246 e. The van der Waals surface area contributed by atoms with E-state index in [1.165, 1.54) is 0 Å². The molecule has 5 nitrogen and oxygen atoms in total. The fourth-order valence-corrected chi connectivity index (χ4v) is 4.33. The van der Waals surface area contributed by atoms with Crippen LogP contribution in [0.15, 0.2) is 47.4 Å². The van der Waals surface area contributed by atoms with Gasteiger partial charge in [0.15, 0.2) is 17.5 Å².